The Hall–Kier alpha value is -1.13. The predicted molar refractivity (Wildman–Crippen MR) is 52.3 cm³/mol. The van der Waals surface area contributed by atoms with Gasteiger partial charge >= 0.3 is 0 Å². The quantitative estimate of drug-likeness (QED) is 0.562. The van der Waals surface area contributed by atoms with Crippen LogP contribution in [0.4, 0.5) is 5.69 Å². The van der Waals surface area contributed by atoms with Crippen molar-refractivity contribution >= 4 is 5.69 Å². The molecular weight excluding hydrogens is 164 g/mol. The largest absolute Gasteiger partial charge is 0.397 e. The maximum absolute atomic E-state index is 5.82. The number of rotatable bonds is 1. The molecule has 1 saturated heterocycles. The van der Waals surface area contributed by atoms with Crippen LogP contribution in [0.15, 0.2) is 18.3 Å². The molecule has 0 radical (unpaired) electrons. The molecule has 0 aliphatic carbocycles. The Kier molecular flexibility index (Phi) is 2.42. The summed E-state index contributed by atoms with van der Waals surface area (Å²) >= 11 is 0. The summed E-state index contributed by atoms with van der Waals surface area (Å²) in [6.45, 7) is 2.89. The lowest BCUT2D eigenvalue weighted by Gasteiger charge is -2.24. The summed E-state index contributed by atoms with van der Waals surface area (Å²) in [4.78, 5) is 4.27. The Bertz CT molecular complexity index is 281. The summed E-state index contributed by atoms with van der Waals surface area (Å²) < 4.78 is 0. The van der Waals surface area contributed by atoms with Crippen LogP contribution in [-0.4, -0.2) is 24.6 Å². The highest BCUT2D eigenvalue weighted by Crippen LogP contribution is 2.17. The number of hydrogen-bond acceptors (Lipinski definition) is 4. The van der Waals surface area contributed by atoms with Gasteiger partial charge in [-0.2, -0.15) is 0 Å². The summed E-state index contributed by atoms with van der Waals surface area (Å²) in [5, 5.41) is 6.67. The van der Waals surface area contributed by atoms with Crippen molar-refractivity contribution in [1.82, 2.24) is 15.6 Å². The highest BCUT2D eigenvalue weighted by atomic mass is 15.1. The summed E-state index contributed by atoms with van der Waals surface area (Å²) in [6, 6.07) is 4.00. The highest BCUT2D eigenvalue weighted by molar-refractivity contribution is 5.43. The molecule has 0 bridgehead atoms. The van der Waals surface area contributed by atoms with E-state index in [2.05, 4.69) is 15.6 Å². The first kappa shape index (κ1) is 8.47. The van der Waals surface area contributed by atoms with Crippen molar-refractivity contribution in [2.75, 3.05) is 25.4 Å². The van der Waals surface area contributed by atoms with Gasteiger partial charge in [-0.05, 0) is 12.1 Å². The Morgan fingerprint density at radius 2 is 2.38 bits per heavy atom. The minimum Gasteiger partial charge on any atom is -0.397 e. The molecule has 70 valence electrons. The fourth-order valence-corrected chi connectivity index (χ4v) is 1.57. The molecule has 4 nitrogen and oxygen atoms in total. The smallest absolute Gasteiger partial charge is 0.0814 e. The van der Waals surface area contributed by atoms with Gasteiger partial charge in [0.15, 0.2) is 0 Å². The first-order valence-electron chi connectivity index (χ1n) is 4.52. The normalized spacial score (nSPS) is 22.9. The van der Waals surface area contributed by atoms with Gasteiger partial charge in [0.25, 0.3) is 0 Å². The third-order valence-electron chi connectivity index (χ3n) is 2.24. The lowest BCUT2D eigenvalue weighted by Crippen LogP contribution is -2.43. The molecule has 2 heterocycles. The van der Waals surface area contributed by atoms with E-state index in [1.54, 1.807) is 6.20 Å². The van der Waals surface area contributed by atoms with E-state index in [-0.39, 0.29) is 6.04 Å². The molecule has 0 spiro atoms. The molecule has 1 unspecified atom stereocenters. The van der Waals surface area contributed by atoms with E-state index in [9.17, 15) is 0 Å². The summed E-state index contributed by atoms with van der Waals surface area (Å²) in [7, 11) is 0. The molecule has 1 aliphatic rings. The second-order valence-corrected chi connectivity index (χ2v) is 3.19. The van der Waals surface area contributed by atoms with Crippen molar-refractivity contribution in [2.24, 2.45) is 0 Å². The molecule has 0 amide bonds. The lowest BCUT2D eigenvalue weighted by atomic mass is 10.1. The van der Waals surface area contributed by atoms with Gasteiger partial charge in [-0.3, -0.25) is 4.98 Å². The van der Waals surface area contributed by atoms with Crippen molar-refractivity contribution in [3.8, 4) is 0 Å². The molecule has 4 heteroatoms. The SMILES string of the molecule is Nc1cccnc1C1CNCCN1. The number of pyridine rings is 1. The molecule has 1 aliphatic heterocycles. The van der Waals surface area contributed by atoms with E-state index >= 15 is 0 Å². The minimum absolute atomic E-state index is 0.259. The van der Waals surface area contributed by atoms with Crippen LogP contribution in [0.25, 0.3) is 0 Å². The summed E-state index contributed by atoms with van der Waals surface area (Å²) in [5.74, 6) is 0. The first-order chi connectivity index (χ1) is 6.38. The minimum atomic E-state index is 0.259. The predicted octanol–water partition coefficient (Wildman–Crippen LogP) is -0.102. The Morgan fingerprint density at radius 3 is 3.08 bits per heavy atom. The second-order valence-electron chi connectivity index (χ2n) is 3.19. The molecule has 13 heavy (non-hydrogen) atoms. The van der Waals surface area contributed by atoms with E-state index in [1.165, 1.54) is 0 Å². The number of nitrogens with two attached hydrogens (primary N) is 1. The standard InChI is InChI=1S/C9H14N4/c10-7-2-1-3-13-9(7)8-6-11-4-5-12-8/h1-3,8,11-12H,4-6,10H2. The molecular formula is C9H14N4. The van der Waals surface area contributed by atoms with Gasteiger partial charge in [0, 0.05) is 25.8 Å². The fourth-order valence-electron chi connectivity index (χ4n) is 1.57. The number of nitrogens with zero attached hydrogens (tertiary/aromatic N) is 1. The van der Waals surface area contributed by atoms with Crippen LogP contribution in [-0.2, 0) is 0 Å². The molecule has 2 rings (SSSR count). The van der Waals surface area contributed by atoms with Crippen molar-refractivity contribution < 1.29 is 0 Å². The molecule has 1 aromatic rings. The van der Waals surface area contributed by atoms with Crippen LogP contribution in [0.3, 0.4) is 0 Å². The summed E-state index contributed by atoms with van der Waals surface area (Å²) in [5.41, 5.74) is 7.54. The monoisotopic (exact) mass is 178 g/mol. The molecule has 1 atom stereocenters. The Labute approximate surface area is 77.5 Å². The maximum atomic E-state index is 5.82. The van der Waals surface area contributed by atoms with Crippen LogP contribution in [0.5, 0.6) is 0 Å². The van der Waals surface area contributed by atoms with Gasteiger partial charge in [-0.1, -0.05) is 0 Å². The van der Waals surface area contributed by atoms with Gasteiger partial charge in [-0.15, -0.1) is 0 Å². The van der Waals surface area contributed by atoms with Gasteiger partial charge in [0.1, 0.15) is 0 Å². The van der Waals surface area contributed by atoms with Crippen LogP contribution < -0.4 is 16.4 Å². The number of anilines is 1. The molecule has 0 saturated carbocycles. The molecule has 0 aromatic carbocycles. The topological polar surface area (TPSA) is 63.0 Å². The number of piperazine rings is 1. The number of aromatic nitrogens is 1. The zero-order valence-electron chi connectivity index (χ0n) is 7.46. The van der Waals surface area contributed by atoms with Crippen LogP contribution in [0.2, 0.25) is 0 Å². The van der Waals surface area contributed by atoms with Crippen LogP contribution in [0.1, 0.15) is 11.7 Å². The Balaban J connectivity index is 2.18. The zero-order valence-corrected chi connectivity index (χ0v) is 7.46. The van der Waals surface area contributed by atoms with E-state index in [4.69, 9.17) is 5.73 Å². The van der Waals surface area contributed by atoms with Crippen molar-refractivity contribution in [3.63, 3.8) is 0 Å². The summed E-state index contributed by atoms with van der Waals surface area (Å²) in [6.07, 6.45) is 1.78. The third kappa shape index (κ3) is 1.79. The zero-order chi connectivity index (χ0) is 9.10. The Morgan fingerprint density at radius 1 is 1.46 bits per heavy atom. The van der Waals surface area contributed by atoms with Crippen LogP contribution >= 0.6 is 0 Å². The van der Waals surface area contributed by atoms with Gasteiger partial charge in [0.05, 0.1) is 17.4 Å². The molecule has 1 fully saturated rings. The average Bonchev–Trinajstić information content (AvgIpc) is 2.20. The van der Waals surface area contributed by atoms with Crippen molar-refractivity contribution in [2.45, 2.75) is 6.04 Å². The van der Waals surface area contributed by atoms with E-state index < -0.39 is 0 Å². The van der Waals surface area contributed by atoms with Gasteiger partial charge < -0.3 is 16.4 Å². The highest BCUT2D eigenvalue weighted by Gasteiger charge is 2.16. The number of nitrogen functional groups attached to an aromatic ring is 1. The van der Waals surface area contributed by atoms with E-state index in [1.807, 2.05) is 12.1 Å². The second kappa shape index (κ2) is 3.72. The third-order valence-corrected chi connectivity index (χ3v) is 2.24. The fraction of sp³-hybridized carbons (Fsp3) is 0.444. The number of hydrogen-bond donors (Lipinski definition) is 3. The van der Waals surface area contributed by atoms with Crippen molar-refractivity contribution in [3.05, 3.63) is 24.0 Å². The number of nitrogens with one attached hydrogen (secondary N) is 2. The van der Waals surface area contributed by atoms with E-state index in [0.29, 0.717) is 0 Å². The van der Waals surface area contributed by atoms with Crippen LogP contribution in [0, 0.1) is 0 Å². The lowest BCUT2D eigenvalue weighted by molar-refractivity contribution is 0.424. The molecule has 4 N–H and O–H groups in total. The first-order valence-corrected chi connectivity index (χ1v) is 4.52. The molecule has 1 aromatic heterocycles. The van der Waals surface area contributed by atoms with Crippen molar-refractivity contribution in [1.29, 1.82) is 0 Å². The van der Waals surface area contributed by atoms with Gasteiger partial charge in [0.2, 0.25) is 0 Å². The maximum Gasteiger partial charge on any atom is 0.0814 e. The average molecular weight is 178 g/mol. The van der Waals surface area contributed by atoms with Gasteiger partial charge in [-0.25, -0.2) is 0 Å². The van der Waals surface area contributed by atoms with E-state index in [0.717, 1.165) is 31.0 Å².